The van der Waals surface area contributed by atoms with E-state index < -0.39 is 23.8 Å². The van der Waals surface area contributed by atoms with Crippen molar-refractivity contribution in [2.24, 2.45) is 0 Å². The Bertz CT molecular complexity index is 1120. The summed E-state index contributed by atoms with van der Waals surface area (Å²) in [5, 5.41) is 6.07. The lowest BCUT2D eigenvalue weighted by atomic mass is 10.0. The quantitative estimate of drug-likeness (QED) is 0.744. The molecule has 1 N–H and O–H groups in total. The van der Waals surface area contributed by atoms with Crippen molar-refractivity contribution < 1.29 is 19.2 Å². The van der Waals surface area contributed by atoms with Crippen molar-refractivity contribution in [1.82, 2.24) is 20.2 Å². The number of nitrogens with one attached hydrogen (secondary N) is 1. The van der Waals surface area contributed by atoms with Crippen LogP contribution in [0.25, 0.3) is 5.57 Å². The largest absolute Gasteiger partial charge is 0.343 e. The molecule has 0 unspecified atom stereocenters. The van der Waals surface area contributed by atoms with Gasteiger partial charge in [0.25, 0.3) is 11.8 Å². The van der Waals surface area contributed by atoms with E-state index in [1.807, 2.05) is 6.07 Å². The fourth-order valence-electron chi connectivity index (χ4n) is 4.14. The van der Waals surface area contributed by atoms with E-state index in [9.17, 15) is 19.2 Å². The van der Waals surface area contributed by atoms with Crippen LogP contribution >= 0.6 is 11.3 Å². The number of thiophene rings is 1. The molecule has 1 saturated heterocycles. The second-order valence-corrected chi connectivity index (χ2v) is 8.67. The summed E-state index contributed by atoms with van der Waals surface area (Å²) in [4.78, 5) is 52.8. The van der Waals surface area contributed by atoms with Crippen molar-refractivity contribution >= 4 is 40.7 Å². The summed E-state index contributed by atoms with van der Waals surface area (Å²) < 4.78 is 0. The first-order valence-corrected chi connectivity index (χ1v) is 11.0. The molecule has 5 rings (SSSR count). The van der Waals surface area contributed by atoms with Crippen LogP contribution in [-0.4, -0.2) is 58.3 Å². The third-order valence-electron chi connectivity index (χ3n) is 5.74. The summed E-state index contributed by atoms with van der Waals surface area (Å²) >= 11 is 1.75. The second-order valence-electron chi connectivity index (χ2n) is 7.72. The highest BCUT2D eigenvalue weighted by Crippen LogP contribution is 2.29. The van der Waals surface area contributed by atoms with Crippen LogP contribution in [0, 0.1) is 0 Å². The molecule has 0 atom stereocenters. The minimum atomic E-state index is -0.757. The minimum Gasteiger partial charge on any atom is -0.295 e. The summed E-state index contributed by atoms with van der Waals surface area (Å²) in [6, 6.07) is 8.68. The zero-order chi connectivity index (χ0) is 21.5. The van der Waals surface area contributed by atoms with Crippen LogP contribution in [0.2, 0.25) is 0 Å². The van der Waals surface area contributed by atoms with Gasteiger partial charge >= 0.3 is 6.03 Å². The van der Waals surface area contributed by atoms with Crippen molar-refractivity contribution in [3.05, 3.63) is 63.4 Å². The molecule has 2 aromatic rings. The van der Waals surface area contributed by atoms with Gasteiger partial charge in [0.1, 0.15) is 0 Å². The van der Waals surface area contributed by atoms with E-state index in [1.165, 1.54) is 10.5 Å². The van der Waals surface area contributed by atoms with Crippen molar-refractivity contribution in [3.8, 4) is 0 Å². The molecule has 0 spiro atoms. The fraction of sp³-hybridized carbons (Fsp3) is 0.273. The average molecular weight is 436 g/mol. The molecule has 31 heavy (non-hydrogen) atoms. The molecule has 1 aromatic heterocycles. The van der Waals surface area contributed by atoms with E-state index in [4.69, 9.17) is 0 Å². The van der Waals surface area contributed by atoms with Gasteiger partial charge in [0, 0.05) is 30.9 Å². The van der Waals surface area contributed by atoms with Crippen molar-refractivity contribution in [1.29, 1.82) is 0 Å². The molecule has 5 amide bonds. The van der Waals surface area contributed by atoms with E-state index in [1.54, 1.807) is 23.5 Å². The van der Waals surface area contributed by atoms with Crippen LogP contribution in [0.5, 0.6) is 0 Å². The Morgan fingerprint density at radius 2 is 1.81 bits per heavy atom. The van der Waals surface area contributed by atoms with Gasteiger partial charge < -0.3 is 0 Å². The smallest absolute Gasteiger partial charge is 0.295 e. The summed E-state index contributed by atoms with van der Waals surface area (Å²) in [5.74, 6) is -1.50. The first-order valence-electron chi connectivity index (χ1n) is 10.1. The lowest BCUT2D eigenvalue weighted by Gasteiger charge is -2.32. The number of rotatable bonds is 4. The molecule has 0 radical (unpaired) electrons. The van der Waals surface area contributed by atoms with Gasteiger partial charge in [0.15, 0.2) is 0 Å². The number of fused-ring (bicyclic) bond motifs is 1. The van der Waals surface area contributed by atoms with E-state index in [-0.39, 0.29) is 18.5 Å². The van der Waals surface area contributed by atoms with Crippen molar-refractivity contribution in [2.45, 2.75) is 19.4 Å². The maximum Gasteiger partial charge on any atom is 0.343 e. The van der Waals surface area contributed by atoms with E-state index >= 15 is 0 Å². The lowest BCUT2D eigenvalue weighted by molar-refractivity contribution is -0.122. The van der Waals surface area contributed by atoms with E-state index in [0.717, 1.165) is 35.1 Å². The molecular weight excluding hydrogens is 416 g/mol. The zero-order valence-electron chi connectivity index (χ0n) is 16.7. The first-order chi connectivity index (χ1) is 15.0. The Kier molecular flexibility index (Phi) is 4.91. The number of benzene rings is 1. The molecule has 0 saturated carbocycles. The Hall–Kier alpha value is -3.30. The van der Waals surface area contributed by atoms with E-state index in [0.29, 0.717) is 12.1 Å². The number of hydrogen-bond donors (Lipinski definition) is 1. The monoisotopic (exact) mass is 436 g/mol. The SMILES string of the molecule is O=C1CCN(N2C(=O)c3ccc(CN4CC=C(c5cccs5)CC4)cc3C2=O)C(=O)N1. The highest BCUT2D eigenvalue weighted by atomic mass is 32.1. The molecule has 1 aromatic carbocycles. The average Bonchev–Trinajstić information content (AvgIpc) is 3.37. The maximum absolute atomic E-state index is 12.9. The molecule has 1 fully saturated rings. The number of carbonyl (C=O) groups excluding carboxylic acids is 4. The fourth-order valence-corrected chi connectivity index (χ4v) is 4.93. The van der Waals surface area contributed by atoms with Crippen LogP contribution in [0.4, 0.5) is 4.79 Å². The highest BCUT2D eigenvalue weighted by molar-refractivity contribution is 7.11. The lowest BCUT2D eigenvalue weighted by Crippen LogP contribution is -2.58. The topological polar surface area (TPSA) is 90.0 Å². The summed E-state index contributed by atoms with van der Waals surface area (Å²) in [6.45, 7) is 2.41. The number of amides is 5. The van der Waals surface area contributed by atoms with Gasteiger partial charge in [-0.2, -0.15) is 5.01 Å². The zero-order valence-corrected chi connectivity index (χ0v) is 17.5. The number of nitrogens with zero attached hydrogens (tertiary/aromatic N) is 3. The van der Waals surface area contributed by atoms with Crippen LogP contribution in [0.3, 0.4) is 0 Å². The Morgan fingerprint density at radius 1 is 0.968 bits per heavy atom. The molecule has 4 heterocycles. The molecule has 8 nitrogen and oxygen atoms in total. The molecule has 158 valence electrons. The third kappa shape index (κ3) is 3.55. The standard InChI is InChI=1S/C22H20N4O4S/c27-19-7-10-25(22(30)23-19)26-20(28)16-4-3-14(12-17(16)21(26)29)13-24-8-5-15(6-9-24)18-2-1-11-31-18/h1-5,11-12H,6-10,13H2,(H,23,27,30). The normalized spacial score (nSPS) is 19.5. The molecule has 0 aliphatic carbocycles. The summed E-state index contributed by atoms with van der Waals surface area (Å²) in [6.07, 6.45) is 3.26. The first kappa shape index (κ1) is 19.7. The molecule has 3 aliphatic rings. The molecule has 0 bridgehead atoms. The Balaban J connectivity index is 1.31. The van der Waals surface area contributed by atoms with Crippen molar-refractivity contribution in [3.63, 3.8) is 0 Å². The highest BCUT2D eigenvalue weighted by Gasteiger charge is 2.43. The van der Waals surface area contributed by atoms with Gasteiger partial charge in [-0.3, -0.25) is 24.6 Å². The number of imide groups is 2. The van der Waals surface area contributed by atoms with Crippen LogP contribution in [0.15, 0.2) is 41.8 Å². The molecular formula is C22H20N4O4S. The summed E-state index contributed by atoms with van der Waals surface area (Å²) in [7, 11) is 0. The number of hydrazine groups is 1. The van der Waals surface area contributed by atoms with Gasteiger partial charge in [-0.05, 0) is 41.1 Å². The number of carbonyl (C=O) groups is 4. The van der Waals surface area contributed by atoms with E-state index in [2.05, 4.69) is 33.8 Å². The van der Waals surface area contributed by atoms with Crippen LogP contribution in [-0.2, 0) is 11.3 Å². The van der Waals surface area contributed by atoms with Crippen LogP contribution in [0.1, 0.15) is 44.0 Å². The van der Waals surface area contributed by atoms with Gasteiger partial charge in [0.05, 0.1) is 17.7 Å². The van der Waals surface area contributed by atoms with Gasteiger partial charge in [-0.1, -0.05) is 18.2 Å². The maximum atomic E-state index is 12.9. The van der Waals surface area contributed by atoms with Crippen molar-refractivity contribution in [2.75, 3.05) is 19.6 Å². The van der Waals surface area contributed by atoms with Crippen LogP contribution < -0.4 is 5.32 Å². The minimum absolute atomic E-state index is 0.00429. The Morgan fingerprint density at radius 3 is 2.52 bits per heavy atom. The predicted octanol–water partition coefficient (Wildman–Crippen LogP) is 2.49. The predicted molar refractivity (Wildman–Crippen MR) is 114 cm³/mol. The Labute approximate surface area is 182 Å². The van der Waals surface area contributed by atoms with Gasteiger partial charge in [-0.15, -0.1) is 11.3 Å². The second kappa shape index (κ2) is 7.75. The third-order valence-corrected chi connectivity index (χ3v) is 6.68. The number of hydrogen-bond acceptors (Lipinski definition) is 6. The van der Waals surface area contributed by atoms with Gasteiger partial charge in [0.2, 0.25) is 5.91 Å². The van der Waals surface area contributed by atoms with Gasteiger partial charge in [-0.25, -0.2) is 9.80 Å². The molecule has 3 aliphatic heterocycles. The summed E-state index contributed by atoms with van der Waals surface area (Å²) in [5.41, 5.74) is 2.87. The molecule has 9 heteroatoms. The number of urea groups is 1.